The van der Waals surface area contributed by atoms with E-state index >= 15 is 0 Å². The second-order valence-corrected chi connectivity index (χ2v) is 7.45. The summed E-state index contributed by atoms with van der Waals surface area (Å²) in [5, 5.41) is 0. The number of cyclic esters (lactones) is 1. The van der Waals surface area contributed by atoms with Crippen molar-refractivity contribution in [1.29, 1.82) is 0 Å². The molecule has 3 atom stereocenters. The van der Waals surface area contributed by atoms with Gasteiger partial charge in [0.15, 0.2) is 23.0 Å². The monoisotopic (exact) mass is 398 g/mol. The van der Waals surface area contributed by atoms with Crippen LogP contribution in [-0.2, 0) is 16.0 Å². The molecule has 29 heavy (non-hydrogen) atoms. The maximum Gasteiger partial charge on any atom is 0.310 e. The maximum absolute atomic E-state index is 12.7. The molecule has 2 aromatic carbocycles. The van der Waals surface area contributed by atoms with Crippen LogP contribution < -0.4 is 23.7 Å². The van der Waals surface area contributed by atoms with Gasteiger partial charge in [-0.3, -0.25) is 4.79 Å². The van der Waals surface area contributed by atoms with Gasteiger partial charge in [-0.2, -0.15) is 0 Å². The highest BCUT2D eigenvalue weighted by molar-refractivity contribution is 5.79. The lowest BCUT2D eigenvalue weighted by Crippen LogP contribution is -2.31. The molecule has 2 aromatic rings. The van der Waals surface area contributed by atoms with Gasteiger partial charge in [-0.05, 0) is 35.7 Å². The van der Waals surface area contributed by atoms with Crippen molar-refractivity contribution in [2.24, 2.45) is 11.8 Å². The van der Waals surface area contributed by atoms with Crippen LogP contribution in [0.1, 0.15) is 22.6 Å². The molecule has 0 bridgehead atoms. The second kappa shape index (κ2) is 6.76. The molecule has 2 heterocycles. The summed E-state index contributed by atoms with van der Waals surface area (Å²) in [5.41, 5.74) is 3.02. The summed E-state index contributed by atoms with van der Waals surface area (Å²) >= 11 is 0. The first-order chi connectivity index (χ1) is 14.1. The van der Waals surface area contributed by atoms with Gasteiger partial charge in [0, 0.05) is 23.5 Å². The summed E-state index contributed by atoms with van der Waals surface area (Å²) in [6.07, 6.45) is 0.758. The predicted molar refractivity (Wildman–Crippen MR) is 102 cm³/mol. The van der Waals surface area contributed by atoms with Crippen LogP contribution in [-0.4, -0.2) is 40.7 Å². The summed E-state index contributed by atoms with van der Waals surface area (Å²) in [4.78, 5) is 12.7. The smallest absolute Gasteiger partial charge is 0.310 e. The van der Waals surface area contributed by atoms with E-state index in [2.05, 4.69) is 0 Å². The molecule has 0 saturated carbocycles. The first-order valence-corrected chi connectivity index (χ1v) is 9.53. The molecule has 3 aliphatic rings. The van der Waals surface area contributed by atoms with Crippen LogP contribution in [0.4, 0.5) is 0 Å². The quantitative estimate of drug-likeness (QED) is 0.733. The van der Waals surface area contributed by atoms with Gasteiger partial charge in [0.1, 0.15) is 5.75 Å². The number of methoxy groups -OCH3 is 3. The Hall–Kier alpha value is -3.09. The minimum absolute atomic E-state index is 0.0955. The van der Waals surface area contributed by atoms with Gasteiger partial charge >= 0.3 is 5.97 Å². The fraction of sp³-hybridized carbons (Fsp3) is 0.409. The van der Waals surface area contributed by atoms with Gasteiger partial charge in [-0.1, -0.05) is 0 Å². The molecule has 1 saturated heterocycles. The molecule has 2 aliphatic heterocycles. The number of ether oxygens (including phenoxy) is 6. The lowest BCUT2D eigenvalue weighted by molar-refractivity contribution is -0.141. The highest BCUT2D eigenvalue weighted by atomic mass is 16.7. The van der Waals surface area contributed by atoms with E-state index < -0.39 is 0 Å². The molecule has 7 heteroatoms. The highest BCUT2D eigenvalue weighted by Gasteiger charge is 2.49. The normalized spacial score (nSPS) is 23.8. The van der Waals surface area contributed by atoms with E-state index in [1.165, 1.54) is 0 Å². The molecule has 0 spiro atoms. The summed E-state index contributed by atoms with van der Waals surface area (Å²) < 4.78 is 33.3. The molecule has 0 radical (unpaired) electrons. The van der Waals surface area contributed by atoms with E-state index in [1.807, 2.05) is 18.2 Å². The number of hydrogen-bond donors (Lipinski definition) is 0. The predicted octanol–water partition coefficient (Wildman–Crippen LogP) is 2.92. The third kappa shape index (κ3) is 2.68. The number of esters is 1. The van der Waals surface area contributed by atoms with Crippen molar-refractivity contribution in [2.45, 2.75) is 12.3 Å². The number of carbonyl (C=O) groups is 1. The van der Waals surface area contributed by atoms with Gasteiger partial charge in [-0.25, -0.2) is 0 Å². The van der Waals surface area contributed by atoms with Gasteiger partial charge in [0.25, 0.3) is 0 Å². The van der Waals surface area contributed by atoms with Crippen LogP contribution in [0.15, 0.2) is 24.3 Å². The molecule has 0 aromatic heterocycles. The lowest BCUT2D eigenvalue weighted by Gasteiger charge is -2.34. The number of benzene rings is 2. The van der Waals surface area contributed by atoms with Crippen LogP contribution >= 0.6 is 0 Å². The molecule has 1 aliphatic carbocycles. The van der Waals surface area contributed by atoms with Crippen LogP contribution in [0.2, 0.25) is 0 Å². The summed E-state index contributed by atoms with van der Waals surface area (Å²) in [6.45, 7) is 0.626. The first-order valence-electron chi connectivity index (χ1n) is 9.53. The number of hydrogen-bond acceptors (Lipinski definition) is 7. The minimum atomic E-state index is -0.296. The fourth-order valence-electron chi connectivity index (χ4n) is 4.77. The van der Waals surface area contributed by atoms with Crippen molar-refractivity contribution in [3.63, 3.8) is 0 Å². The second-order valence-electron chi connectivity index (χ2n) is 7.45. The molecule has 7 nitrogen and oxygen atoms in total. The number of carbonyl (C=O) groups excluding carboxylic acids is 1. The molecular formula is C22H22O7. The minimum Gasteiger partial charge on any atom is -0.496 e. The van der Waals surface area contributed by atoms with Crippen molar-refractivity contribution in [3.05, 3.63) is 41.0 Å². The van der Waals surface area contributed by atoms with Crippen molar-refractivity contribution in [2.75, 3.05) is 34.7 Å². The fourth-order valence-corrected chi connectivity index (χ4v) is 4.77. The summed E-state index contributed by atoms with van der Waals surface area (Å²) in [7, 11) is 4.78. The van der Waals surface area contributed by atoms with Crippen molar-refractivity contribution in [3.8, 4) is 28.7 Å². The Morgan fingerprint density at radius 3 is 2.24 bits per heavy atom. The molecule has 0 amide bonds. The third-order valence-corrected chi connectivity index (χ3v) is 6.10. The summed E-state index contributed by atoms with van der Waals surface area (Å²) in [6, 6.07) is 7.70. The Morgan fingerprint density at radius 2 is 1.52 bits per heavy atom. The van der Waals surface area contributed by atoms with Crippen LogP contribution in [0, 0.1) is 11.8 Å². The van der Waals surface area contributed by atoms with Crippen LogP contribution in [0.3, 0.4) is 0 Å². The standard InChI is InChI=1S/C22H22O7/c1-24-15-8-17(26-3)16(25-2)7-14(15)21-13-6-19-18(28-10-29-19)5-11(13)4-12-9-27-22(23)20(12)21/h5-8,12,20-21H,4,9-10H2,1-3H3. The van der Waals surface area contributed by atoms with E-state index in [1.54, 1.807) is 27.4 Å². The molecule has 152 valence electrons. The molecule has 0 N–H and O–H groups in total. The third-order valence-electron chi connectivity index (χ3n) is 6.10. The van der Waals surface area contributed by atoms with Crippen molar-refractivity contribution >= 4 is 5.97 Å². The lowest BCUT2D eigenvalue weighted by atomic mass is 9.67. The zero-order valence-electron chi connectivity index (χ0n) is 16.5. The van der Waals surface area contributed by atoms with Crippen molar-refractivity contribution < 1.29 is 33.2 Å². The van der Waals surface area contributed by atoms with Crippen LogP contribution in [0.25, 0.3) is 0 Å². The molecule has 1 fully saturated rings. The molecular weight excluding hydrogens is 376 g/mol. The van der Waals surface area contributed by atoms with Gasteiger partial charge in [0.05, 0.1) is 33.9 Å². The van der Waals surface area contributed by atoms with E-state index in [9.17, 15) is 4.79 Å². The Bertz CT molecular complexity index is 984. The van der Waals surface area contributed by atoms with E-state index in [4.69, 9.17) is 28.4 Å². The topological polar surface area (TPSA) is 72.5 Å². The zero-order valence-corrected chi connectivity index (χ0v) is 16.5. The van der Waals surface area contributed by atoms with Gasteiger partial charge in [-0.15, -0.1) is 0 Å². The Morgan fingerprint density at radius 1 is 0.828 bits per heavy atom. The largest absolute Gasteiger partial charge is 0.496 e. The number of fused-ring (bicyclic) bond motifs is 3. The average Bonchev–Trinajstić information content (AvgIpc) is 3.35. The highest BCUT2D eigenvalue weighted by Crippen LogP contribution is 2.53. The van der Waals surface area contributed by atoms with E-state index in [0.29, 0.717) is 29.6 Å². The Kier molecular flexibility index (Phi) is 4.19. The van der Waals surface area contributed by atoms with Crippen LogP contribution in [0.5, 0.6) is 28.7 Å². The van der Waals surface area contributed by atoms with Crippen molar-refractivity contribution in [1.82, 2.24) is 0 Å². The maximum atomic E-state index is 12.7. The SMILES string of the molecule is COc1cc(OC)c(C2c3cc4c(cc3CC3COC(=O)C32)OCO4)cc1OC. The zero-order chi connectivity index (χ0) is 20.1. The Labute approximate surface area is 168 Å². The Balaban J connectivity index is 1.73. The van der Waals surface area contributed by atoms with E-state index in [-0.39, 0.29) is 30.5 Å². The van der Waals surface area contributed by atoms with Gasteiger partial charge in [0.2, 0.25) is 6.79 Å². The van der Waals surface area contributed by atoms with Gasteiger partial charge < -0.3 is 28.4 Å². The van der Waals surface area contributed by atoms with E-state index in [0.717, 1.165) is 28.9 Å². The average molecular weight is 398 g/mol. The summed E-state index contributed by atoms with van der Waals surface area (Å²) in [5.74, 6) is 2.59. The molecule has 3 unspecified atom stereocenters. The number of rotatable bonds is 4. The first kappa shape index (κ1) is 18.0. The molecule has 5 rings (SSSR count).